The van der Waals surface area contributed by atoms with Crippen molar-refractivity contribution in [3.8, 4) is 0 Å². The first-order valence-electron chi connectivity index (χ1n) is 12.9. The molecule has 0 aliphatic carbocycles. The van der Waals surface area contributed by atoms with Crippen molar-refractivity contribution in [2.45, 2.75) is 71.9 Å². The number of benzene rings is 1. The molecule has 0 saturated carbocycles. The minimum Gasteiger partial charge on any atom is -0.465 e. The van der Waals surface area contributed by atoms with Crippen LogP contribution in [0.3, 0.4) is 0 Å². The number of rotatable bonds is 12. The van der Waals surface area contributed by atoms with Crippen molar-refractivity contribution in [3.05, 3.63) is 35.5 Å². The topological polar surface area (TPSA) is 89.8 Å². The van der Waals surface area contributed by atoms with Crippen molar-refractivity contribution in [1.29, 1.82) is 0 Å². The van der Waals surface area contributed by atoms with Crippen LogP contribution in [0.2, 0.25) is 0 Å². The van der Waals surface area contributed by atoms with Gasteiger partial charge in [-0.2, -0.15) is 0 Å². The zero-order valence-corrected chi connectivity index (χ0v) is 22.0. The van der Waals surface area contributed by atoms with Crippen LogP contribution in [-0.4, -0.2) is 47.6 Å². The molecule has 1 amide bonds. The predicted octanol–water partition coefficient (Wildman–Crippen LogP) is 5.19. The second kappa shape index (κ2) is 11.9. The van der Waals surface area contributed by atoms with E-state index in [9.17, 15) is 14.7 Å². The van der Waals surface area contributed by atoms with Gasteiger partial charge in [-0.1, -0.05) is 33.8 Å². The van der Waals surface area contributed by atoms with E-state index in [0.29, 0.717) is 18.8 Å². The molecular weight excluding hydrogens is 444 g/mol. The summed E-state index contributed by atoms with van der Waals surface area (Å²) in [6, 6.07) is 6.23. The van der Waals surface area contributed by atoms with Gasteiger partial charge in [-0.15, -0.1) is 0 Å². The number of carbonyl (C=O) groups is 2. The van der Waals surface area contributed by atoms with Crippen LogP contribution >= 0.6 is 0 Å². The third-order valence-electron chi connectivity index (χ3n) is 7.55. The lowest BCUT2D eigenvalue weighted by molar-refractivity contribution is -0.146. The van der Waals surface area contributed by atoms with Gasteiger partial charge in [-0.05, 0) is 73.1 Å². The molecule has 0 unspecified atom stereocenters. The molecule has 35 heavy (non-hydrogen) atoms. The van der Waals surface area contributed by atoms with E-state index < -0.39 is 18.2 Å². The number of cyclic esters (lactones) is 1. The fourth-order valence-electron chi connectivity index (χ4n) is 5.36. The number of carboxylic acid groups (broad SMARTS) is 1. The van der Waals surface area contributed by atoms with Crippen molar-refractivity contribution in [1.82, 2.24) is 9.88 Å². The Morgan fingerprint density at radius 1 is 1.29 bits per heavy atom. The monoisotopic (exact) mass is 486 g/mol. The first-order chi connectivity index (χ1) is 16.6. The number of esters is 1. The van der Waals surface area contributed by atoms with Gasteiger partial charge >= 0.3 is 12.1 Å². The number of fused-ring (bicyclic) bond motifs is 1. The van der Waals surface area contributed by atoms with E-state index >= 15 is 0 Å². The molecule has 4 atom stereocenters. The summed E-state index contributed by atoms with van der Waals surface area (Å²) in [6.45, 7) is 9.11. The minimum absolute atomic E-state index is 0.174. The lowest BCUT2D eigenvalue weighted by Crippen LogP contribution is -2.44. The van der Waals surface area contributed by atoms with E-state index in [1.165, 1.54) is 22.0 Å². The number of methoxy groups -OCH3 is 1. The van der Waals surface area contributed by atoms with Crippen molar-refractivity contribution < 1.29 is 24.2 Å². The lowest BCUT2D eigenvalue weighted by atomic mass is 9.81. The summed E-state index contributed by atoms with van der Waals surface area (Å²) in [5.74, 6) is 0.376. The molecule has 2 N–H and O–H groups in total. The molecule has 1 fully saturated rings. The minimum atomic E-state index is -1.08. The molecule has 194 valence electrons. The molecule has 1 aliphatic heterocycles. The normalized spacial score (nSPS) is 19.9. The molecule has 0 radical (unpaired) electrons. The van der Waals surface area contributed by atoms with E-state index in [-0.39, 0.29) is 23.7 Å². The Bertz CT molecular complexity index is 1010. The average molecular weight is 487 g/mol. The summed E-state index contributed by atoms with van der Waals surface area (Å²) >= 11 is 0. The van der Waals surface area contributed by atoms with E-state index in [1.807, 2.05) is 13.8 Å². The summed E-state index contributed by atoms with van der Waals surface area (Å²) in [7, 11) is 3.81. The second-order valence-electron chi connectivity index (χ2n) is 10.8. The first-order valence-corrected chi connectivity index (χ1v) is 12.9. The van der Waals surface area contributed by atoms with Gasteiger partial charge in [0.1, 0.15) is 6.10 Å². The Labute approximate surface area is 209 Å². The summed E-state index contributed by atoms with van der Waals surface area (Å²) in [4.78, 5) is 24.0. The highest BCUT2D eigenvalue weighted by molar-refractivity contribution is 5.84. The largest absolute Gasteiger partial charge is 0.465 e. The van der Waals surface area contributed by atoms with Gasteiger partial charge in [0, 0.05) is 37.9 Å². The van der Waals surface area contributed by atoms with Gasteiger partial charge in [0.25, 0.3) is 0 Å². The van der Waals surface area contributed by atoms with Gasteiger partial charge in [-0.25, -0.2) is 4.79 Å². The highest BCUT2D eigenvalue weighted by atomic mass is 16.6. The maximum atomic E-state index is 12.4. The van der Waals surface area contributed by atoms with Crippen LogP contribution < -0.4 is 5.32 Å². The third-order valence-corrected chi connectivity index (χ3v) is 7.55. The molecule has 3 rings (SSSR count). The van der Waals surface area contributed by atoms with Crippen LogP contribution in [0.1, 0.15) is 58.1 Å². The molecule has 1 aromatic carbocycles. The molecule has 0 spiro atoms. The standard InChI is InChI=1S/C28H42N2O5/c1-17(2)21(14-24(29-28(32)33)26-15-22(18(3)4)27(31)35-26)12-19-9-10-25-23(13-19)20(16-30(25)5)8-7-11-34-6/h9-10,13,16-18,21-22,24,26,29H,7-8,11-12,14-15H2,1-6H3,(H,32,33)/t21-,22-,24-,26-/m0/s1. The zero-order valence-electron chi connectivity index (χ0n) is 22.0. The molecule has 7 nitrogen and oxygen atoms in total. The maximum absolute atomic E-state index is 12.4. The molecule has 2 heterocycles. The van der Waals surface area contributed by atoms with Crippen LogP contribution in [-0.2, 0) is 34.2 Å². The van der Waals surface area contributed by atoms with Crippen molar-refractivity contribution >= 4 is 23.0 Å². The average Bonchev–Trinajstić information content (AvgIpc) is 3.32. The van der Waals surface area contributed by atoms with Gasteiger partial charge in [0.05, 0.1) is 12.0 Å². The number of amides is 1. The number of aryl methyl sites for hydroxylation is 2. The number of ether oxygens (including phenoxy) is 2. The van der Waals surface area contributed by atoms with Gasteiger partial charge in [0.15, 0.2) is 0 Å². The number of carbonyl (C=O) groups excluding carboxylic acids is 1. The molecule has 1 saturated heterocycles. The van der Waals surface area contributed by atoms with E-state index in [1.54, 1.807) is 7.11 Å². The molecule has 0 bridgehead atoms. The quantitative estimate of drug-likeness (QED) is 0.318. The maximum Gasteiger partial charge on any atom is 0.405 e. The fraction of sp³-hybridized carbons (Fsp3) is 0.643. The summed E-state index contributed by atoms with van der Waals surface area (Å²) in [6.07, 6.45) is 4.69. The Morgan fingerprint density at radius 3 is 2.63 bits per heavy atom. The van der Waals surface area contributed by atoms with Crippen molar-refractivity contribution in [2.75, 3.05) is 13.7 Å². The van der Waals surface area contributed by atoms with Gasteiger partial charge < -0.3 is 24.5 Å². The van der Waals surface area contributed by atoms with E-state index in [4.69, 9.17) is 9.47 Å². The van der Waals surface area contributed by atoms with Crippen LogP contribution in [0, 0.1) is 23.7 Å². The SMILES string of the molecule is COCCCc1cn(C)c2ccc(C[C@@H](C[C@H](NC(=O)O)[C@@H]3C[C@@H](C(C)C)C(=O)O3)C(C)C)cc12. The molecule has 1 aromatic heterocycles. The summed E-state index contributed by atoms with van der Waals surface area (Å²) in [5.41, 5.74) is 3.78. The number of nitrogens with zero attached hydrogens (tertiary/aromatic N) is 1. The second-order valence-corrected chi connectivity index (χ2v) is 10.8. The third kappa shape index (κ3) is 6.78. The van der Waals surface area contributed by atoms with Gasteiger partial charge in [0.2, 0.25) is 0 Å². The highest BCUT2D eigenvalue weighted by Crippen LogP contribution is 2.33. The Hall–Kier alpha value is -2.54. The summed E-state index contributed by atoms with van der Waals surface area (Å²) in [5, 5.41) is 13.4. The number of hydrogen-bond donors (Lipinski definition) is 2. The van der Waals surface area contributed by atoms with Crippen LogP contribution in [0.4, 0.5) is 4.79 Å². The molecular formula is C28H42N2O5. The molecule has 2 aromatic rings. The van der Waals surface area contributed by atoms with Crippen LogP contribution in [0.15, 0.2) is 24.4 Å². The zero-order chi connectivity index (χ0) is 25.7. The Balaban J connectivity index is 1.80. The van der Waals surface area contributed by atoms with Crippen molar-refractivity contribution in [3.63, 3.8) is 0 Å². The molecule has 1 aliphatic rings. The fourth-order valence-corrected chi connectivity index (χ4v) is 5.36. The Morgan fingerprint density at radius 2 is 2.03 bits per heavy atom. The summed E-state index contributed by atoms with van der Waals surface area (Å²) < 4.78 is 13.1. The molecule has 7 heteroatoms. The number of nitrogens with one attached hydrogen (secondary N) is 1. The van der Waals surface area contributed by atoms with Crippen LogP contribution in [0.5, 0.6) is 0 Å². The van der Waals surface area contributed by atoms with E-state index in [2.05, 4.69) is 55.2 Å². The highest BCUT2D eigenvalue weighted by Gasteiger charge is 2.41. The number of aromatic nitrogens is 1. The lowest BCUT2D eigenvalue weighted by Gasteiger charge is -2.29. The van der Waals surface area contributed by atoms with Crippen molar-refractivity contribution in [2.24, 2.45) is 30.7 Å². The van der Waals surface area contributed by atoms with Crippen LogP contribution in [0.25, 0.3) is 10.9 Å². The first kappa shape index (κ1) is 27.1. The smallest absolute Gasteiger partial charge is 0.405 e. The van der Waals surface area contributed by atoms with E-state index in [0.717, 1.165) is 25.9 Å². The number of hydrogen-bond acceptors (Lipinski definition) is 4. The Kier molecular flexibility index (Phi) is 9.22. The predicted molar refractivity (Wildman–Crippen MR) is 138 cm³/mol. The van der Waals surface area contributed by atoms with Gasteiger partial charge in [-0.3, -0.25) is 4.79 Å².